The maximum atomic E-state index is 12.1. The third-order valence-corrected chi connectivity index (χ3v) is 6.02. The number of rotatable bonds is 8. The molecule has 1 saturated heterocycles. The number of carbonyl (C=O) groups excluding carboxylic acids is 1. The number of nitrogens with one attached hydrogen (secondary N) is 2. The Hall–Kier alpha value is -1.87. The standard InChI is InChI=1S/C18H22ClN3O4S/c19-14-3-6-16(7-4-14)27(24,25)21-10-9-20-18(23)17-8-5-15(26-17)13-22-11-1-2-12-22/h3-8,21H,1-2,9-13H2,(H,20,23). The molecule has 0 unspecified atom stereocenters. The maximum absolute atomic E-state index is 12.1. The number of sulfonamides is 1. The zero-order valence-corrected chi connectivity index (χ0v) is 16.4. The van der Waals surface area contributed by atoms with E-state index < -0.39 is 10.0 Å². The van der Waals surface area contributed by atoms with Gasteiger partial charge >= 0.3 is 0 Å². The van der Waals surface area contributed by atoms with Crippen molar-refractivity contribution in [3.05, 3.63) is 52.9 Å². The minimum Gasteiger partial charge on any atom is -0.455 e. The monoisotopic (exact) mass is 411 g/mol. The Bertz CT molecular complexity index is 874. The van der Waals surface area contributed by atoms with Crippen molar-refractivity contribution in [2.75, 3.05) is 26.2 Å². The van der Waals surface area contributed by atoms with E-state index in [4.69, 9.17) is 16.0 Å². The Balaban J connectivity index is 1.44. The van der Waals surface area contributed by atoms with Gasteiger partial charge in [-0.3, -0.25) is 9.69 Å². The van der Waals surface area contributed by atoms with Gasteiger partial charge in [-0.05, 0) is 62.3 Å². The van der Waals surface area contributed by atoms with Crippen LogP contribution in [0.25, 0.3) is 0 Å². The van der Waals surface area contributed by atoms with E-state index >= 15 is 0 Å². The molecule has 1 aromatic carbocycles. The highest BCUT2D eigenvalue weighted by Gasteiger charge is 2.17. The molecule has 0 atom stereocenters. The highest BCUT2D eigenvalue weighted by atomic mass is 35.5. The van der Waals surface area contributed by atoms with E-state index in [1.165, 1.54) is 37.1 Å². The molecule has 1 fully saturated rings. The zero-order valence-electron chi connectivity index (χ0n) is 14.8. The average molecular weight is 412 g/mol. The molecular formula is C18H22ClN3O4S. The van der Waals surface area contributed by atoms with Gasteiger partial charge in [0.2, 0.25) is 10.0 Å². The van der Waals surface area contributed by atoms with Crippen LogP contribution in [0.2, 0.25) is 5.02 Å². The summed E-state index contributed by atoms with van der Waals surface area (Å²) < 4.78 is 32.3. The van der Waals surface area contributed by atoms with E-state index in [-0.39, 0.29) is 29.7 Å². The SMILES string of the molecule is O=C(NCCNS(=O)(=O)c1ccc(Cl)cc1)c1ccc(CN2CCCC2)o1. The molecule has 1 aliphatic rings. The molecule has 0 saturated carbocycles. The van der Waals surface area contributed by atoms with Crippen LogP contribution in [0.5, 0.6) is 0 Å². The number of benzene rings is 1. The normalized spacial score (nSPS) is 15.1. The van der Waals surface area contributed by atoms with Crippen molar-refractivity contribution in [2.45, 2.75) is 24.3 Å². The predicted molar refractivity (Wildman–Crippen MR) is 102 cm³/mol. The zero-order chi connectivity index (χ0) is 19.3. The molecule has 0 aliphatic carbocycles. The van der Waals surface area contributed by atoms with Crippen molar-refractivity contribution in [3.63, 3.8) is 0 Å². The molecule has 1 aromatic heterocycles. The van der Waals surface area contributed by atoms with Crippen molar-refractivity contribution in [2.24, 2.45) is 0 Å². The van der Waals surface area contributed by atoms with Crippen molar-refractivity contribution < 1.29 is 17.6 Å². The van der Waals surface area contributed by atoms with Crippen LogP contribution in [-0.2, 0) is 16.6 Å². The number of likely N-dealkylation sites (tertiary alicyclic amines) is 1. The van der Waals surface area contributed by atoms with Gasteiger partial charge in [-0.15, -0.1) is 0 Å². The number of hydrogen-bond donors (Lipinski definition) is 2. The van der Waals surface area contributed by atoms with Gasteiger partial charge in [-0.1, -0.05) is 11.6 Å². The molecule has 1 amide bonds. The lowest BCUT2D eigenvalue weighted by Crippen LogP contribution is -2.34. The topological polar surface area (TPSA) is 91.7 Å². The fraction of sp³-hybridized carbons (Fsp3) is 0.389. The molecule has 0 bridgehead atoms. The fourth-order valence-corrected chi connectivity index (χ4v) is 4.05. The summed E-state index contributed by atoms with van der Waals surface area (Å²) in [5.74, 6) is 0.614. The summed E-state index contributed by atoms with van der Waals surface area (Å²) in [6.07, 6.45) is 2.39. The Labute approximate surface area is 163 Å². The Morgan fingerprint density at radius 1 is 1.07 bits per heavy atom. The lowest BCUT2D eigenvalue weighted by atomic mass is 10.4. The van der Waals surface area contributed by atoms with Gasteiger partial charge in [-0.2, -0.15) is 0 Å². The van der Waals surface area contributed by atoms with Gasteiger partial charge in [0.05, 0.1) is 11.4 Å². The van der Waals surface area contributed by atoms with Crippen molar-refractivity contribution in [1.29, 1.82) is 0 Å². The fourth-order valence-electron chi connectivity index (χ4n) is 2.89. The molecule has 2 N–H and O–H groups in total. The molecule has 0 radical (unpaired) electrons. The number of halogens is 1. The number of nitrogens with zero attached hydrogens (tertiary/aromatic N) is 1. The summed E-state index contributed by atoms with van der Waals surface area (Å²) in [4.78, 5) is 14.5. The molecule has 27 heavy (non-hydrogen) atoms. The van der Waals surface area contributed by atoms with Gasteiger partial charge in [0.1, 0.15) is 5.76 Å². The highest BCUT2D eigenvalue weighted by molar-refractivity contribution is 7.89. The van der Waals surface area contributed by atoms with Gasteiger partial charge in [0, 0.05) is 18.1 Å². The van der Waals surface area contributed by atoms with Crippen LogP contribution < -0.4 is 10.0 Å². The summed E-state index contributed by atoms with van der Waals surface area (Å²) in [7, 11) is -3.64. The van der Waals surface area contributed by atoms with E-state index in [1.54, 1.807) is 12.1 Å². The first-order chi connectivity index (χ1) is 12.9. The van der Waals surface area contributed by atoms with Crippen LogP contribution in [-0.4, -0.2) is 45.4 Å². The molecule has 146 valence electrons. The second kappa shape index (κ2) is 8.88. The Morgan fingerprint density at radius 3 is 2.48 bits per heavy atom. The third kappa shape index (κ3) is 5.55. The summed E-state index contributed by atoms with van der Waals surface area (Å²) in [6, 6.07) is 9.31. The van der Waals surface area contributed by atoms with Gasteiger partial charge in [0.15, 0.2) is 5.76 Å². The summed E-state index contributed by atoms with van der Waals surface area (Å²) in [5, 5.41) is 3.11. The molecule has 2 aromatic rings. The second-order valence-corrected chi connectivity index (χ2v) is 8.56. The number of amides is 1. The first-order valence-corrected chi connectivity index (χ1v) is 10.6. The maximum Gasteiger partial charge on any atom is 0.287 e. The largest absolute Gasteiger partial charge is 0.455 e. The highest BCUT2D eigenvalue weighted by Crippen LogP contribution is 2.15. The first kappa shape index (κ1) is 19.9. The van der Waals surface area contributed by atoms with Crippen LogP contribution in [0.1, 0.15) is 29.2 Å². The minimum absolute atomic E-state index is 0.0675. The van der Waals surface area contributed by atoms with Crippen molar-refractivity contribution in [1.82, 2.24) is 14.9 Å². The van der Waals surface area contributed by atoms with Gasteiger partial charge in [0.25, 0.3) is 5.91 Å². The summed E-state index contributed by atoms with van der Waals surface area (Å²) in [6.45, 7) is 3.02. The van der Waals surface area contributed by atoms with Gasteiger partial charge in [-0.25, -0.2) is 13.1 Å². The molecule has 7 nitrogen and oxygen atoms in total. The van der Waals surface area contributed by atoms with E-state index in [9.17, 15) is 13.2 Å². The number of carbonyl (C=O) groups is 1. The summed E-state index contributed by atoms with van der Waals surface area (Å²) >= 11 is 5.76. The van der Waals surface area contributed by atoms with Crippen LogP contribution in [0.3, 0.4) is 0 Å². The first-order valence-electron chi connectivity index (χ1n) is 8.78. The Kier molecular flexibility index (Phi) is 6.54. The van der Waals surface area contributed by atoms with E-state index in [0.29, 0.717) is 11.6 Å². The summed E-state index contributed by atoms with van der Waals surface area (Å²) in [5.41, 5.74) is 0. The van der Waals surface area contributed by atoms with Gasteiger partial charge < -0.3 is 9.73 Å². The van der Waals surface area contributed by atoms with Crippen LogP contribution in [0, 0.1) is 0 Å². The predicted octanol–water partition coefficient (Wildman–Crippen LogP) is 2.24. The quantitative estimate of drug-likeness (QED) is 0.650. The smallest absolute Gasteiger partial charge is 0.287 e. The number of hydrogen-bond acceptors (Lipinski definition) is 5. The van der Waals surface area contributed by atoms with E-state index in [0.717, 1.165) is 18.8 Å². The molecule has 9 heteroatoms. The lowest BCUT2D eigenvalue weighted by molar-refractivity contribution is 0.0923. The molecule has 2 heterocycles. The average Bonchev–Trinajstić information content (AvgIpc) is 3.31. The Morgan fingerprint density at radius 2 is 1.78 bits per heavy atom. The van der Waals surface area contributed by atoms with Crippen LogP contribution in [0.4, 0.5) is 0 Å². The van der Waals surface area contributed by atoms with Crippen molar-refractivity contribution in [3.8, 4) is 0 Å². The molecular weight excluding hydrogens is 390 g/mol. The second-order valence-electron chi connectivity index (χ2n) is 6.36. The van der Waals surface area contributed by atoms with Crippen LogP contribution >= 0.6 is 11.6 Å². The van der Waals surface area contributed by atoms with E-state index in [1.807, 2.05) is 0 Å². The minimum atomic E-state index is -3.64. The van der Waals surface area contributed by atoms with E-state index in [2.05, 4.69) is 14.9 Å². The van der Waals surface area contributed by atoms with Crippen LogP contribution in [0.15, 0.2) is 45.7 Å². The third-order valence-electron chi connectivity index (χ3n) is 4.29. The molecule has 1 aliphatic heterocycles. The number of furan rings is 1. The lowest BCUT2D eigenvalue weighted by Gasteiger charge is -2.11. The molecule has 3 rings (SSSR count). The molecule has 0 spiro atoms. The van der Waals surface area contributed by atoms with Crippen molar-refractivity contribution >= 4 is 27.5 Å².